The van der Waals surface area contributed by atoms with Gasteiger partial charge in [0.15, 0.2) is 11.5 Å². The van der Waals surface area contributed by atoms with Crippen LogP contribution in [0.3, 0.4) is 0 Å². The highest BCUT2D eigenvalue weighted by molar-refractivity contribution is 6.30. The lowest BCUT2D eigenvalue weighted by Gasteiger charge is -2.25. The average molecular weight is 428 g/mol. The second-order valence-electron chi connectivity index (χ2n) is 7.00. The van der Waals surface area contributed by atoms with E-state index >= 15 is 0 Å². The summed E-state index contributed by atoms with van der Waals surface area (Å²) in [5.74, 6) is 2.06. The normalized spacial score (nSPS) is 15.3. The van der Waals surface area contributed by atoms with Crippen LogP contribution in [0.25, 0.3) is 0 Å². The van der Waals surface area contributed by atoms with E-state index in [1.165, 1.54) is 0 Å². The molecule has 1 aromatic heterocycles. The van der Waals surface area contributed by atoms with Crippen molar-refractivity contribution in [1.82, 2.24) is 9.78 Å². The zero-order chi connectivity index (χ0) is 21.3. The first-order valence-electron chi connectivity index (χ1n) is 9.44. The molecule has 0 radical (unpaired) electrons. The summed E-state index contributed by atoms with van der Waals surface area (Å²) >= 11 is 5.98. The number of aromatic nitrogens is 2. The molecule has 7 nitrogen and oxygen atoms in total. The van der Waals surface area contributed by atoms with Gasteiger partial charge in [-0.2, -0.15) is 5.10 Å². The van der Waals surface area contributed by atoms with Gasteiger partial charge in [-0.25, -0.2) is 4.68 Å². The minimum absolute atomic E-state index is 0.0703. The summed E-state index contributed by atoms with van der Waals surface area (Å²) in [5, 5.41) is 8.17. The molecule has 0 bridgehead atoms. The summed E-state index contributed by atoms with van der Waals surface area (Å²) in [4.78, 5) is 12.5. The van der Waals surface area contributed by atoms with E-state index in [-0.39, 0.29) is 11.8 Å². The van der Waals surface area contributed by atoms with Gasteiger partial charge in [0, 0.05) is 22.9 Å². The summed E-state index contributed by atoms with van der Waals surface area (Å²) in [6.07, 6.45) is 2.11. The van der Waals surface area contributed by atoms with E-state index in [9.17, 15) is 4.79 Å². The summed E-state index contributed by atoms with van der Waals surface area (Å²) < 4.78 is 18.2. The molecule has 8 heteroatoms. The van der Waals surface area contributed by atoms with Crippen LogP contribution in [0.4, 0.5) is 5.82 Å². The Labute approximate surface area is 179 Å². The SMILES string of the molecule is COc1cc([C@H]2CC(=O)Nc3c2cnn3Cc2ccc(Cl)cc2)cc(OC)c1OC. The fraction of sp³-hybridized carbons (Fsp3) is 0.273. The lowest BCUT2D eigenvalue weighted by molar-refractivity contribution is -0.116. The highest BCUT2D eigenvalue weighted by Gasteiger charge is 2.31. The Morgan fingerprint density at radius 1 is 1.10 bits per heavy atom. The fourth-order valence-corrected chi connectivity index (χ4v) is 3.88. The van der Waals surface area contributed by atoms with Crippen molar-refractivity contribution in [2.75, 3.05) is 26.6 Å². The van der Waals surface area contributed by atoms with Crippen molar-refractivity contribution >= 4 is 23.3 Å². The van der Waals surface area contributed by atoms with Crippen LogP contribution in [0.1, 0.15) is 29.0 Å². The summed E-state index contributed by atoms with van der Waals surface area (Å²) in [7, 11) is 4.71. The Hall–Kier alpha value is -3.19. The molecule has 0 aliphatic carbocycles. The van der Waals surface area contributed by atoms with Crippen LogP contribution in [0.5, 0.6) is 17.2 Å². The quantitative estimate of drug-likeness (QED) is 0.641. The second-order valence-corrected chi connectivity index (χ2v) is 7.43. The number of carbonyl (C=O) groups is 1. The van der Waals surface area contributed by atoms with Crippen molar-refractivity contribution in [3.63, 3.8) is 0 Å². The third-order valence-electron chi connectivity index (χ3n) is 5.23. The number of anilines is 1. The number of halogens is 1. The van der Waals surface area contributed by atoms with Gasteiger partial charge in [0.05, 0.1) is 34.1 Å². The molecule has 1 N–H and O–H groups in total. The van der Waals surface area contributed by atoms with Crippen LogP contribution in [-0.4, -0.2) is 37.0 Å². The number of amides is 1. The van der Waals surface area contributed by atoms with E-state index in [0.717, 1.165) is 16.7 Å². The topological polar surface area (TPSA) is 74.6 Å². The molecule has 1 atom stereocenters. The van der Waals surface area contributed by atoms with Gasteiger partial charge in [0.2, 0.25) is 11.7 Å². The number of ether oxygens (including phenoxy) is 3. The molecule has 0 saturated heterocycles. The largest absolute Gasteiger partial charge is 0.493 e. The van der Waals surface area contributed by atoms with Crippen molar-refractivity contribution in [2.24, 2.45) is 0 Å². The Balaban J connectivity index is 1.74. The smallest absolute Gasteiger partial charge is 0.226 e. The standard InChI is InChI=1S/C22H22ClN3O4/c1-28-18-8-14(9-19(29-2)21(18)30-3)16-10-20(27)25-22-17(16)11-24-26(22)12-13-4-6-15(23)7-5-13/h4-9,11,16H,10,12H2,1-3H3,(H,25,27)/t16-/m1/s1. The van der Waals surface area contributed by atoms with Gasteiger partial charge in [0.25, 0.3) is 0 Å². The first-order valence-corrected chi connectivity index (χ1v) is 9.81. The Kier molecular flexibility index (Phi) is 5.55. The summed E-state index contributed by atoms with van der Waals surface area (Å²) in [5.41, 5.74) is 2.87. The van der Waals surface area contributed by atoms with Crippen molar-refractivity contribution in [3.05, 3.63) is 64.3 Å². The number of methoxy groups -OCH3 is 3. The van der Waals surface area contributed by atoms with Gasteiger partial charge < -0.3 is 19.5 Å². The van der Waals surface area contributed by atoms with E-state index in [4.69, 9.17) is 25.8 Å². The Morgan fingerprint density at radius 2 is 1.77 bits per heavy atom. The van der Waals surface area contributed by atoms with Gasteiger partial charge in [-0.3, -0.25) is 4.79 Å². The van der Waals surface area contributed by atoms with E-state index < -0.39 is 0 Å². The zero-order valence-corrected chi connectivity index (χ0v) is 17.7. The first kappa shape index (κ1) is 20.1. The lowest BCUT2D eigenvalue weighted by atomic mass is 9.87. The van der Waals surface area contributed by atoms with Crippen LogP contribution >= 0.6 is 11.6 Å². The predicted octanol–water partition coefficient (Wildman–Crippen LogP) is 4.08. The third-order valence-corrected chi connectivity index (χ3v) is 5.48. The third kappa shape index (κ3) is 3.68. The Morgan fingerprint density at radius 3 is 2.37 bits per heavy atom. The molecule has 0 unspecified atom stereocenters. The highest BCUT2D eigenvalue weighted by Crippen LogP contribution is 2.44. The lowest BCUT2D eigenvalue weighted by Crippen LogP contribution is -2.25. The number of hydrogen-bond donors (Lipinski definition) is 1. The molecule has 2 heterocycles. The van der Waals surface area contributed by atoms with Gasteiger partial charge in [-0.05, 0) is 35.4 Å². The van der Waals surface area contributed by atoms with Crippen molar-refractivity contribution in [2.45, 2.75) is 18.9 Å². The molecule has 1 aliphatic heterocycles. The maximum Gasteiger partial charge on any atom is 0.226 e. The molecule has 3 aromatic rings. The average Bonchev–Trinajstić information content (AvgIpc) is 3.15. The second kappa shape index (κ2) is 8.28. The molecular formula is C22H22ClN3O4. The van der Waals surface area contributed by atoms with E-state index in [0.29, 0.717) is 41.1 Å². The number of fused-ring (bicyclic) bond motifs is 1. The fourth-order valence-electron chi connectivity index (χ4n) is 3.75. The van der Waals surface area contributed by atoms with E-state index in [1.807, 2.05) is 36.4 Å². The first-order chi connectivity index (χ1) is 14.5. The van der Waals surface area contributed by atoms with E-state index in [2.05, 4.69) is 10.4 Å². The van der Waals surface area contributed by atoms with Crippen molar-refractivity contribution < 1.29 is 19.0 Å². The van der Waals surface area contributed by atoms with Crippen LogP contribution < -0.4 is 19.5 Å². The number of benzene rings is 2. The molecule has 1 amide bonds. The van der Waals surface area contributed by atoms with Gasteiger partial charge in [-0.15, -0.1) is 0 Å². The maximum absolute atomic E-state index is 12.5. The van der Waals surface area contributed by atoms with Crippen molar-refractivity contribution in [3.8, 4) is 17.2 Å². The molecular weight excluding hydrogens is 406 g/mol. The number of rotatable bonds is 6. The summed E-state index contributed by atoms with van der Waals surface area (Å²) in [6.45, 7) is 0.523. The molecule has 156 valence electrons. The Bertz CT molecular complexity index is 1050. The molecule has 0 fully saturated rings. The number of nitrogens with zero attached hydrogens (tertiary/aromatic N) is 2. The highest BCUT2D eigenvalue weighted by atomic mass is 35.5. The van der Waals surface area contributed by atoms with E-state index in [1.54, 1.807) is 32.2 Å². The molecule has 0 saturated carbocycles. The molecule has 0 spiro atoms. The van der Waals surface area contributed by atoms with Crippen LogP contribution in [0.15, 0.2) is 42.6 Å². The number of nitrogens with one attached hydrogen (secondary N) is 1. The van der Waals surface area contributed by atoms with Gasteiger partial charge in [0.1, 0.15) is 5.82 Å². The minimum atomic E-state index is -0.179. The molecule has 4 rings (SSSR count). The van der Waals surface area contributed by atoms with Crippen LogP contribution in [-0.2, 0) is 11.3 Å². The minimum Gasteiger partial charge on any atom is -0.493 e. The number of carbonyl (C=O) groups excluding carboxylic acids is 1. The van der Waals surface area contributed by atoms with Crippen molar-refractivity contribution in [1.29, 1.82) is 0 Å². The molecule has 1 aliphatic rings. The van der Waals surface area contributed by atoms with Crippen LogP contribution in [0.2, 0.25) is 5.02 Å². The van der Waals surface area contributed by atoms with Gasteiger partial charge in [-0.1, -0.05) is 23.7 Å². The van der Waals surface area contributed by atoms with Gasteiger partial charge >= 0.3 is 0 Å². The maximum atomic E-state index is 12.5. The van der Waals surface area contributed by atoms with Crippen LogP contribution in [0, 0.1) is 0 Å². The summed E-state index contributed by atoms with van der Waals surface area (Å²) in [6, 6.07) is 11.3. The molecule has 30 heavy (non-hydrogen) atoms. The number of hydrogen-bond acceptors (Lipinski definition) is 5. The monoisotopic (exact) mass is 427 g/mol. The predicted molar refractivity (Wildman–Crippen MR) is 114 cm³/mol. The zero-order valence-electron chi connectivity index (χ0n) is 16.9. The molecule has 2 aromatic carbocycles.